The fraction of sp³-hybridized carbons (Fsp3) is 0.273. The van der Waals surface area contributed by atoms with E-state index in [0.717, 1.165) is 18.6 Å². The van der Waals surface area contributed by atoms with Gasteiger partial charge in [0.15, 0.2) is 0 Å². The molecule has 0 radical (unpaired) electrons. The second-order valence-electron chi connectivity index (χ2n) is 6.51. The summed E-state index contributed by atoms with van der Waals surface area (Å²) < 4.78 is 6.25. The molecule has 0 unspecified atom stereocenters. The first-order valence-electron chi connectivity index (χ1n) is 8.59. The van der Waals surface area contributed by atoms with Gasteiger partial charge in [0.2, 0.25) is 0 Å². The molecule has 3 aromatic rings. The summed E-state index contributed by atoms with van der Waals surface area (Å²) in [4.78, 5) is 0. The molecular weight excluding hydrogens is 280 g/mol. The molecule has 116 valence electrons. The molecule has 1 nitrogen and oxygen atoms in total. The molecule has 1 heteroatoms. The molecule has 3 aromatic carbocycles. The average molecular weight is 302 g/mol. The summed E-state index contributed by atoms with van der Waals surface area (Å²) >= 11 is 0. The average Bonchev–Trinajstić information content (AvgIpc) is 2.63. The monoisotopic (exact) mass is 302 g/mol. The fourth-order valence-corrected chi connectivity index (χ4v) is 3.67. The lowest BCUT2D eigenvalue weighted by Crippen LogP contribution is -2.23. The van der Waals surface area contributed by atoms with Gasteiger partial charge in [-0.2, -0.15) is 0 Å². The predicted molar refractivity (Wildman–Crippen MR) is 96.0 cm³/mol. The van der Waals surface area contributed by atoms with Gasteiger partial charge >= 0.3 is 0 Å². The smallest absolute Gasteiger partial charge is 0.120 e. The van der Waals surface area contributed by atoms with Gasteiger partial charge in [-0.05, 0) is 60.1 Å². The highest BCUT2D eigenvalue weighted by Gasteiger charge is 2.23. The van der Waals surface area contributed by atoms with E-state index >= 15 is 0 Å². The van der Waals surface area contributed by atoms with Crippen LogP contribution in [-0.2, 0) is 0 Å². The van der Waals surface area contributed by atoms with E-state index in [-0.39, 0.29) is 0 Å². The van der Waals surface area contributed by atoms with E-state index in [1.807, 2.05) is 0 Å². The van der Waals surface area contributed by atoms with Gasteiger partial charge in [0.05, 0.1) is 6.10 Å². The second kappa shape index (κ2) is 6.45. The highest BCUT2D eigenvalue weighted by Crippen LogP contribution is 2.34. The zero-order valence-electron chi connectivity index (χ0n) is 13.3. The van der Waals surface area contributed by atoms with Crippen LogP contribution >= 0.6 is 0 Å². The van der Waals surface area contributed by atoms with Crippen LogP contribution in [0.4, 0.5) is 0 Å². The Morgan fingerprint density at radius 1 is 0.652 bits per heavy atom. The SMILES string of the molecule is c1ccc(C2CCC(Oc3ccc4ccccc4c3)CC2)cc1. The van der Waals surface area contributed by atoms with Crippen molar-refractivity contribution in [2.24, 2.45) is 0 Å². The molecule has 0 aromatic heterocycles. The Morgan fingerprint density at radius 2 is 1.35 bits per heavy atom. The van der Waals surface area contributed by atoms with Crippen LogP contribution in [0.15, 0.2) is 72.8 Å². The largest absolute Gasteiger partial charge is 0.490 e. The lowest BCUT2D eigenvalue weighted by atomic mass is 9.83. The Bertz CT molecular complexity index is 770. The first kappa shape index (κ1) is 14.3. The maximum absolute atomic E-state index is 6.25. The van der Waals surface area contributed by atoms with Crippen molar-refractivity contribution in [1.29, 1.82) is 0 Å². The summed E-state index contributed by atoms with van der Waals surface area (Å²) in [5.74, 6) is 1.71. The van der Waals surface area contributed by atoms with E-state index in [4.69, 9.17) is 4.74 Å². The number of rotatable bonds is 3. The molecule has 0 saturated heterocycles. The summed E-state index contributed by atoms with van der Waals surface area (Å²) in [6.07, 6.45) is 5.10. The Balaban J connectivity index is 1.40. The third-order valence-electron chi connectivity index (χ3n) is 4.97. The normalized spacial score (nSPS) is 21.2. The van der Waals surface area contributed by atoms with Gasteiger partial charge < -0.3 is 4.74 Å². The topological polar surface area (TPSA) is 9.23 Å². The highest BCUT2D eigenvalue weighted by atomic mass is 16.5. The van der Waals surface area contributed by atoms with Gasteiger partial charge in [-0.25, -0.2) is 0 Å². The second-order valence-corrected chi connectivity index (χ2v) is 6.51. The van der Waals surface area contributed by atoms with Gasteiger partial charge in [-0.3, -0.25) is 0 Å². The zero-order valence-corrected chi connectivity index (χ0v) is 13.3. The van der Waals surface area contributed by atoms with E-state index in [1.54, 1.807) is 0 Å². The van der Waals surface area contributed by atoms with Gasteiger partial charge in [-0.15, -0.1) is 0 Å². The fourth-order valence-electron chi connectivity index (χ4n) is 3.67. The maximum Gasteiger partial charge on any atom is 0.120 e. The van der Waals surface area contributed by atoms with E-state index in [2.05, 4.69) is 72.8 Å². The third-order valence-corrected chi connectivity index (χ3v) is 4.97. The van der Waals surface area contributed by atoms with Crippen molar-refractivity contribution in [2.45, 2.75) is 37.7 Å². The number of hydrogen-bond acceptors (Lipinski definition) is 1. The molecule has 1 aliphatic carbocycles. The highest BCUT2D eigenvalue weighted by molar-refractivity contribution is 5.83. The van der Waals surface area contributed by atoms with E-state index in [1.165, 1.54) is 29.2 Å². The van der Waals surface area contributed by atoms with Crippen molar-refractivity contribution >= 4 is 10.8 Å². The molecule has 23 heavy (non-hydrogen) atoms. The molecule has 0 atom stereocenters. The first-order valence-corrected chi connectivity index (χ1v) is 8.59. The van der Waals surface area contributed by atoms with Crippen molar-refractivity contribution in [1.82, 2.24) is 0 Å². The summed E-state index contributed by atoms with van der Waals surface area (Å²) in [5, 5.41) is 2.52. The molecule has 0 bridgehead atoms. The number of benzene rings is 3. The quantitative estimate of drug-likeness (QED) is 0.581. The number of ether oxygens (including phenoxy) is 1. The van der Waals surface area contributed by atoms with Crippen LogP contribution in [-0.4, -0.2) is 6.10 Å². The molecule has 0 spiro atoms. The summed E-state index contributed by atoms with van der Waals surface area (Å²) in [5.41, 5.74) is 1.48. The molecular formula is C22H22O. The van der Waals surface area contributed by atoms with Crippen molar-refractivity contribution in [2.75, 3.05) is 0 Å². The number of fused-ring (bicyclic) bond motifs is 1. The van der Waals surface area contributed by atoms with E-state index in [0.29, 0.717) is 12.0 Å². The van der Waals surface area contributed by atoms with Gasteiger partial charge in [0, 0.05) is 0 Å². The van der Waals surface area contributed by atoms with Crippen LogP contribution in [0, 0.1) is 0 Å². The number of hydrogen-bond donors (Lipinski definition) is 0. The first-order chi connectivity index (χ1) is 11.4. The lowest BCUT2D eigenvalue weighted by molar-refractivity contribution is 0.146. The maximum atomic E-state index is 6.25. The van der Waals surface area contributed by atoms with Gasteiger partial charge in [0.1, 0.15) is 5.75 Å². The molecule has 0 N–H and O–H groups in total. The van der Waals surface area contributed by atoms with Crippen molar-refractivity contribution < 1.29 is 4.74 Å². The molecule has 1 saturated carbocycles. The van der Waals surface area contributed by atoms with Crippen LogP contribution in [0.25, 0.3) is 10.8 Å². The molecule has 0 aliphatic heterocycles. The summed E-state index contributed by atoms with van der Waals surface area (Å²) in [6, 6.07) is 25.8. The van der Waals surface area contributed by atoms with Gasteiger partial charge in [-0.1, -0.05) is 60.7 Å². The summed E-state index contributed by atoms with van der Waals surface area (Å²) in [6.45, 7) is 0. The van der Waals surface area contributed by atoms with Crippen molar-refractivity contribution in [3.05, 3.63) is 78.4 Å². The molecule has 4 rings (SSSR count). The van der Waals surface area contributed by atoms with Crippen LogP contribution in [0.2, 0.25) is 0 Å². The Kier molecular flexibility index (Phi) is 4.02. The molecule has 1 fully saturated rings. The van der Waals surface area contributed by atoms with Crippen LogP contribution < -0.4 is 4.74 Å². The Hall–Kier alpha value is -2.28. The molecule has 1 aliphatic rings. The minimum absolute atomic E-state index is 0.358. The Labute approximate surface area is 137 Å². The third kappa shape index (κ3) is 3.24. The van der Waals surface area contributed by atoms with Gasteiger partial charge in [0.25, 0.3) is 0 Å². The van der Waals surface area contributed by atoms with E-state index in [9.17, 15) is 0 Å². The van der Waals surface area contributed by atoms with E-state index < -0.39 is 0 Å². The predicted octanol–water partition coefficient (Wildman–Crippen LogP) is 5.95. The van der Waals surface area contributed by atoms with Crippen LogP contribution in [0.1, 0.15) is 37.2 Å². The van der Waals surface area contributed by atoms with Crippen molar-refractivity contribution in [3.8, 4) is 5.75 Å². The van der Waals surface area contributed by atoms with Crippen LogP contribution in [0.5, 0.6) is 5.75 Å². The summed E-state index contributed by atoms with van der Waals surface area (Å²) in [7, 11) is 0. The van der Waals surface area contributed by atoms with Crippen LogP contribution in [0.3, 0.4) is 0 Å². The Morgan fingerprint density at radius 3 is 2.13 bits per heavy atom. The lowest BCUT2D eigenvalue weighted by Gasteiger charge is -2.29. The zero-order chi connectivity index (χ0) is 15.5. The standard InChI is InChI=1S/C22H22O/c1-2-6-17(7-3-1)19-10-13-21(14-11-19)23-22-15-12-18-8-4-5-9-20(18)16-22/h1-9,12,15-16,19,21H,10-11,13-14H2. The van der Waals surface area contributed by atoms with Crippen molar-refractivity contribution in [3.63, 3.8) is 0 Å². The molecule has 0 amide bonds. The minimum Gasteiger partial charge on any atom is -0.490 e. The minimum atomic E-state index is 0.358. The molecule has 0 heterocycles.